The van der Waals surface area contributed by atoms with Crippen molar-refractivity contribution < 1.29 is 18.1 Å². The van der Waals surface area contributed by atoms with Gasteiger partial charge in [-0.25, -0.2) is 0 Å². The quantitative estimate of drug-likeness (QED) is 0.669. The minimum atomic E-state index is -2.78. The maximum absolute atomic E-state index is 11.5. The molecule has 1 fully saturated rings. The van der Waals surface area contributed by atoms with Crippen LogP contribution < -0.4 is 5.73 Å². The van der Waals surface area contributed by atoms with E-state index in [2.05, 4.69) is 4.90 Å². The van der Waals surface area contributed by atoms with Crippen molar-refractivity contribution in [2.45, 2.75) is 37.9 Å². The van der Waals surface area contributed by atoms with Crippen LogP contribution in [0.1, 0.15) is 26.2 Å². The van der Waals surface area contributed by atoms with Gasteiger partial charge in [-0.1, -0.05) is 6.92 Å². The van der Waals surface area contributed by atoms with Crippen LogP contribution in [0.4, 0.5) is 0 Å². The van der Waals surface area contributed by atoms with E-state index in [0.717, 1.165) is 25.8 Å². The Morgan fingerprint density at radius 3 is 2.33 bits per heavy atom. The van der Waals surface area contributed by atoms with Crippen molar-refractivity contribution in [2.75, 3.05) is 27.9 Å². The second-order valence-electron chi connectivity index (χ2n) is 4.44. The third-order valence-electron chi connectivity index (χ3n) is 3.67. The number of likely N-dealkylation sites (tertiary alicyclic amines) is 1. The summed E-state index contributed by atoms with van der Waals surface area (Å²) < 4.78 is 16.6. The molecule has 1 saturated heterocycles. The molecule has 1 aliphatic rings. The molecular weight excluding hydrogens is 252 g/mol. The first-order valence-corrected chi connectivity index (χ1v) is 8.07. The molecule has 0 aromatic carbocycles. The van der Waals surface area contributed by atoms with Gasteiger partial charge in [-0.2, -0.15) is 0 Å². The molecule has 1 aliphatic heterocycles. The van der Waals surface area contributed by atoms with Gasteiger partial charge in [0.25, 0.3) is 0 Å². The Hall–Kier alpha value is -0.473. The first kappa shape index (κ1) is 15.6. The number of nitrogens with two attached hydrogens (primary N) is 1. The van der Waals surface area contributed by atoms with Gasteiger partial charge >= 0.3 is 8.80 Å². The Kier molecular flexibility index (Phi) is 5.73. The standard InChI is InChI=1S/C11H24N2O4Si/c1-5-10(18(15-2,16-3)17-4)13-8-6-7-9(13)11(12)14/h9-10H,5-8H2,1-4H3,(H2,12,14). The number of hydrogen-bond acceptors (Lipinski definition) is 5. The highest BCUT2D eigenvalue weighted by atomic mass is 28.4. The van der Waals surface area contributed by atoms with E-state index in [1.54, 1.807) is 21.3 Å². The van der Waals surface area contributed by atoms with Crippen molar-refractivity contribution >= 4 is 14.7 Å². The molecule has 18 heavy (non-hydrogen) atoms. The molecule has 0 bridgehead atoms. The first-order valence-electron chi connectivity index (χ1n) is 6.26. The van der Waals surface area contributed by atoms with Crippen LogP contribution in [-0.4, -0.2) is 59.2 Å². The van der Waals surface area contributed by atoms with E-state index in [1.165, 1.54) is 0 Å². The highest BCUT2D eigenvalue weighted by Crippen LogP contribution is 2.28. The first-order chi connectivity index (χ1) is 8.56. The van der Waals surface area contributed by atoms with E-state index < -0.39 is 8.80 Å². The largest absolute Gasteiger partial charge is 0.518 e. The predicted octanol–water partition coefficient (Wildman–Crippen LogP) is 0.132. The third-order valence-corrected chi connectivity index (χ3v) is 6.93. The van der Waals surface area contributed by atoms with Crippen LogP contribution in [-0.2, 0) is 18.1 Å². The summed E-state index contributed by atoms with van der Waals surface area (Å²) in [6.45, 7) is 2.87. The maximum atomic E-state index is 11.5. The molecule has 7 heteroatoms. The van der Waals surface area contributed by atoms with Crippen LogP contribution in [0.5, 0.6) is 0 Å². The molecule has 0 spiro atoms. The van der Waals surface area contributed by atoms with E-state index in [9.17, 15) is 4.79 Å². The van der Waals surface area contributed by atoms with Crippen LogP contribution in [0.2, 0.25) is 0 Å². The zero-order valence-corrected chi connectivity index (χ0v) is 12.6. The van der Waals surface area contributed by atoms with Gasteiger partial charge in [-0.15, -0.1) is 0 Å². The fourth-order valence-corrected chi connectivity index (χ4v) is 5.34. The lowest BCUT2D eigenvalue weighted by molar-refractivity contribution is -0.122. The van der Waals surface area contributed by atoms with Gasteiger partial charge in [0.15, 0.2) is 0 Å². The molecule has 0 radical (unpaired) electrons. The Balaban J connectivity index is 2.97. The van der Waals surface area contributed by atoms with Crippen LogP contribution in [0.3, 0.4) is 0 Å². The van der Waals surface area contributed by atoms with Crippen molar-refractivity contribution in [3.63, 3.8) is 0 Å². The van der Waals surface area contributed by atoms with Crippen molar-refractivity contribution in [3.05, 3.63) is 0 Å². The van der Waals surface area contributed by atoms with Crippen LogP contribution >= 0.6 is 0 Å². The second kappa shape index (κ2) is 6.62. The van der Waals surface area contributed by atoms with Gasteiger partial charge in [-0.3, -0.25) is 9.69 Å². The van der Waals surface area contributed by atoms with Crippen molar-refractivity contribution in [1.82, 2.24) is 4.90 Å². The lowest BCUT2D eigenvalue weighted by Gasteiger charge is -2.39. The molecule has 1 heterocycles. The summed E-state index contributed by atoms with van der Waals surface area (Å²) in [5.74, 6) is -0.280. The summed E-state index contributed by atoms with van der Waals surface area (Å²) >= 11 is 0. The van der Waals surface area contributed by atoms with Crippen LogP contribution in [0.25, 0.3) is 0 Å². The highest BCUT2D eigenvalue weighted by Gasteiger charge is 2.52. The Bertz CT molecular complexity index is 278. The van der Waals surface area contributed by atoms with Gasteiger partial charge in [0.1, 0.15) is 0 Å². The molecule has 0 saturated carbocycles. The number of carbonyl (C=O) groups is 1. The molecule has 106 valence electrons. The van der Waals surface area contributed by atoms with Gasteiger partial charge in [0, 0.05) is 21.3 Å². The summed E-state index contributed by atoms with van der Waals surface area (Å²) in [6.07, 6.45) is 2.56. The fourth-order valence-electron chi connectivity index (χ4n) is 2.81. The third kappa shape index (κ3) is 2.75. The van der Waals surface area contributed by atoms with Crippen molar-refractivity contribution in [2.24, 2.45) is 5.73 Å². The molecule has 2 unspecified atom stereocenters. The minimum Gasteiger partial charge on any atom is -0.376 e. The number of rotatable bonds is 7. The fraction of sp³-hybridized carbons (Fsp3) is 0.909. The van der Waals surface area contributed by atoms with Crippen LogP contribution in [0.15, 0.2) is 0 Å². The number of carbonyl (C=O) groups excluding carboxylic acids is 1. The smallest absolute Gasteiger partial charge is 0.376 e. The molecule has 2 N–H and O–H groups in total. The van der Waals surface area contributed by atoms with Gasteiger partial charge < -0.3 is 19.0 Å². The monoisotopic (exact) mass is 276 g/mol. The van der Waals surface area contributed by atoms with Gasteiger partial charge in [0.2, 0.25) is 5.91 Å². The predicted molar refractivity (Wildman–Crippen MR) is 69.8 cm³/mol. The normalized spacial score (nSPS) is 23.2. The zero-order chi connectivity index (χ0) is 13.8. The second-order valence-corrected chi connectivity index (χ2v) is 7.54. The lowest BCUT2D eigenvalue weighted by Crippen LogP contribution is -2.63. The number of nitrogens with zero attached hydrogens (tertiary/aromatic N) is 1. The minimum absolute atomic E-state index is 0.0301. The topological polar surface area (TPSA) is 74.0 Å². The molecule has 1 amide bonds. The van der Waals surface area contributed by atoms with E-state index in [0.29, 0.717) is 0 Å². The van der Waals surface area contributed by atoms with E-state index in [4.69, 9.17) is 19.0 Å². The average Bonchev–Trinajstić information content (AvgIpc) is 2.85. The molecule has 1 rings (SSSR count). The van der Waals surface area contributed by atoms with Gasteiger partial charge in [-0.05, 0) is 25.8 Å². The Labute approximate surface area is 110 Å². The zero-order valence-electron chi connectivity index (χ0n) is 11.6. The SMILES string of the molecule is CCC(N1CCCC1C(N)=O)[Si](OC)(OC)OC. The van der Waals surface area contributed by atoms with E-state index in [-0.39, 0.29) is 17.6 Å². The summed E-state index contributed by atoms with van der Waals surface area (Å²) in [5.41, 5.74) is 5.43. The number of primary amides is 1. The molecule has 2 atom stereocenters. The molecule has 0 aromatic rings. The number of hydrogen-bond donors (Lipinski definition) is 1. The van der Waals surface area contributed by atoms with Crippen molar-refractivity contribution in [3.8, 4) is 0 Å². The molecular formula is C11H24N2O4Si. The lowest BCUT2D eigenvalue weighted by atomic mass is 10.2. The Morgan fingerprint density at radius 2 is 1.94 bits per heavy atom. The summed E-state index contributed by atoms with van der Waals surface area (Å²) in [6, 6.07) is -0.234. The number of amides is 1. The summed E-state index contributed by atoms with van der Waals surface area (Å²) in [7, 11) is 2.00. The van der Waals surface area contributed by atoms with Crippen LogP contribution in [0, 0.1) is 0 Å². The summed E-state index contributed by atoms with van der Waals surface area (Å²) in [4.78, 5) is 13.6. The van der Waals surface area contributed by atoms with Gasteiger partial charge in [0.05, 0.1) is 11.7 Å². The highest BCUT2D eigenvalue weighted by molar-refractivity contribution is 6.62. The Morgan fingerprint density at radius 1 is 1.39 bits per heavy atom. The molecule has 6 nitrogen and oxygen atoms in total. The van der Waals surface area contributed by atoms with E-state index >= 15 is 0 Å². The average molecular weight is 276 g/mol. The van der Waals surface area contributed by atoms with Crippen molar-refractivity contribution in [1.29, 1.82) is 0 Å². The molecule has 0 aromatic heterocycles. The summed E-state index contributed by atoms with van der Waals surface area (Å²) in [5, 5.41) is 0. The maximum Gasteiger partial charge on any atom is 0.518 e. The van der Waals surface area contributed by atoms with E-state index in [1.807, 2.05) is 6.92 Å². The molecule has 0 aliphatic carbocycles.